The molecule has 0 aliphatic carbocycles. The van der Waals surface area contributed by atoms with E-state index >= 15 is 0 Å². The van der Waals surface area contributed by atoms with Crippen molar-refractivity contribution < 1.29 is 14.7 Å². The van der Waals surface area contributed by atoms with Crippen LogP contribution in [0, 0.1) is 0 Å². The summed E-state index contributed by atoms with van der Waals surface area (Å²) in [5.41, 5.74) is 5.39. The van der Waals surface area contributed by atoms with Crippen molar-refractivity contribution in [3.05, 3.63) is 0 Å². The average molecular weight is 173 g/mol. The molecule has 6 heteroatoms. The average Bonchev–Trinajstić information content (AvgIpc) is 2.15. The van der Waals surface area contributed by atoms with E-state index in [1.807, 2.05) is 0 Å². The van der Waals surface area contributed by atoms with Gasteiger partial charge in [0.15, 0.2) is 0 Å². The van der Waals surface area contributed by atoms with Gasteiger partial charge in [-0.05, 0) is 0 Å². The number of rotatable bonds is 0. The Morgan fingerprint density at radius 3 is 3.00 bits per heavy atom. The molecule has 1 aliphatic heterocycles. The van der Waals surface area contributed by atoms with Crippen LogP contribution in [0.4, 0.5) is 4.79 Å². The first-order valence-corrected chi connectivity index (χ1v) is 3.62. The number of carboxylic acid groups (broad SMARTS) is 1. The van der Waals surface area contributed by atoms with Gasteiger partial charge in [0, 0.05) is 19.6 Å². The van der Waals surface area contributed by atoms with Crippen LogP contribution in [0.5, 0.6) is 0 Å². The second-order valence-electron chi connectivity index (χ2n) is 2.63. The molecule has 12 heavy (non-hydrogen) atoms. The zero-order valence-electron chi connectivity index (χ0n) is 6.49. The Labute approximate surface area is 69.3 Å². The Hall–Kier alpha value is -1.30. The number of nitrogens with two attached hydrogens (primary N) is 1. The third-order valence-corrected chi connectivity index (χ3v) is 1.71. The number of amides is 2. The lowest BCUT2D eigenvalue weighted by Gasteiger charge is -2.16. The summed E-state index contributed by atoms with van der Waals surface area (Å²) in [7, 11) is 0. The van der Waals surface area contributed by atoms with Crippen LogP contribution < -0.4 is 11.1 Å². The Balaban J connectivity index is 2.59. The Morgan fingerprint density at radius 2 is 2.42 bits per heavy atom. The van der Waals surface area contributed by atoms with Crippen LogP contribution in [0.2, 0.25) is 0 Å². The van der Waals surface area contributed by atoms with Gasteiger partial charge >= 0.3 is 6.09 Å². The first-order valence-electron chi connectivity index (χ1n) is 3.62. The van der Waals surface area contributed by atoms with E-state index < -0.39 is 12.1 Å². The van der Waals surface area contributed by atoms with E-state index in [1.165, 1.54) is 0 Å². The van der Waals surface area contributed by atoms with Crippen LogP contribution in [-0.2, 0) is 4.79 Å². The van der Waals surface area contributed by atoms with Crippen LogP contribution >= 0.6 is 0 Å². The molecule has 1 rings (SSSR count). The smallest absolute Gasteiger partial charge is 0.407 e. The predicted octanol–water partition coefficient (Wildman–Crippen LogP) is -1.58. The number of carbonyl (C=O) groups excluding carboxylic acids is 1. The van der Waals surface area contributed by atoms with E-state index in [1.54, 1.807) is 0 Å². The van der Waals surface area contributed by atoms with Crippen molar-refractivity contribution in [2.24, 2.45) is 5.73 Å². The van der Waals surface area contributed by atoms with Gasteiger partial charge in [0.2, 0.25) is 5.91 Å². The zero-order valence-corrected chi connectivity index (χ0v) is 6.49. The lowest BCUT2D eigenvalue weighted by atomic mass is 10.3. The molecule has 1 atom stereocenters. The molecule has 0 bridgehead atoms. The summed E-state index contributed by atoms with van der Waals surface area (Å²) < 4.78 is 0. The van der Waals surface area contributed by atoms with Gasteiger partial charge in [0.25, 0.3) is 0 Å². The minimum absolute atomic E-state index is 0.0706. The maximum Gasteiger partial charge on any atom is 0.407 e. The van der Waals surface area contributed by atoms with E-state index in [4.69, 9.17) is 10.8 Å². The van der Waals surface area contributed by atoms with Gasteiger partial charge in [-0.25, -0.2) is 4.79 Å². The second kappa shape index (κ2) is 3.40. The summed E-state index contributed by atoms with van der Waals surface area (Å²) in [4.78, 5) is 22.5. The van der Waals surface area contributed by atoms with Gasteiger partial charge in [-0.15, -0.1) is 0 Å². The van der Waals surface area contributed by atoms with Crippen molar-refractivity contribution >= 4 is 12.0 Å². The summed E-state index contributed by atoms with van der Waals surface area (Å²) >= 11 is 0. The van der Waals surface area contributed by atoms with Crippen molar-refractivity contribution in [1.82, 2.24) is 10.2 Å². The third-order valence-electron chi connectivity index (χ3n) is 1.71. The molecule has 1 heterocycles. The highest BCUT2D eigenvalue weighted by Gasteiger charge is 2.23. The molecule has 4 N–H and O–H groups in total. The summed E-state index contributed by atoms with van der Waals surface area (Å²) in [5.74, 6) is -0.293. The molecule has 0 aromatic carbocycles. The van der Waals surface area contributed by atoms with Gasteiger partial charge in [0.1, 0.15) is 6.04 Å². The van der Waals surface area contributed by atoms with Gasteiger partial charge in [0.05, 0.1) is 0 Å². The minimum atomic E-state index is -1.04. The highest BCUT2D eigenvalue weighted by atomic mass is 16.4. The van der Waals surface area contributed by atoms with Crippen LogP contribution in [-0.4, -0.2) is 47.7 Å². The van der Waals surface area contributed by atoms with E-state index in [0.29, 0.717) is 13.1 Å². The standard InChI is InChI=1S/C6H11N3O3/c7-4-3-9(6(11)12)2-1-8-5(4)10/h4H,1-3,7H2,(H,8,10)(H,11,12)/t4-/m1/s1. The van der Waals surface area contributed by atoms with Gasteiger partial charge < -0.3 is 21.1 Å². The van der Waals surface area contributed by atoms with Gasteiger partial charge in [-0.1, -0.05) is 0 Å². The molecule has 0 aromatic heterocycles. The fourth-order valence-corrected chi connectivity index (χ4v) is 1.03. The summed E-state index contributed by atoms with van der Waals surface area (Å²) in [6.07, 6.45) is -1.04. The molecule has 1 saturated heterocycles. The molecular formula is C6H11N3O3. The van der Waals surface area contributed by atoms with E-state index in [-0.39, 0.29) is 12.5 Å². The quantitative estimate of drug-likeness (QED) is 0.412. The van der Waals surface area contributed by atoms with E-state index in [2.05, 4.69) is 5.32 Å². The first kappa shape index (κ1) is 8.79. The monoisotopic (exact) mass is 173 g/mol. The minimum Gasteiger partial charge on any atom is -0.465 e. The fourth-order valence-electron chi connectivity index (χ4n) is 1.03. The van der Waals surface area contributed by atoms with Crippen molar-refractivity contribution in [2.45, 2.75) is 6.04 Å². The molecule has 68 valence electrons. The van der Waals surface area contributed by atoms with Gasteiger partial charge in [-0.2, -0.15) is 0 Å². The van der Waals surface area contributed by atoms with Crippen molar-refractivity contribution in [2.75, 3.05) is 19.6 Å². The Kier molecular flexibility index (Phi) is 2.49. The highest BCUT2D eigenvalue weighted by Crippen LogP contribution is 1.95. The number of nitrogens with one attached hydrogen (secondary N) is 1. The largest absolute Gasteiger partial charge is 0.465 e. The molecule has 0 radical (unpaired) electrons. The topological polar surface area (TPSA) is 95.7 Å². The molecule has 1 aliphatic rings. The van der Waals surface area contributed by atoms with Crippen LogP contribution in [0.3, 0.4) is 0 Å². The van der Waals surface area contributed by atoms with E-state index in [9.17, 15) is 9.59 Å². The molecule has 0 unspecified atom stereocenters. The Morgan fingerprint density at radius 1 is 1.75 bits per heavy atom. The number of carbonyl (C=O) groups is 2. The van der Waals surface area contributed by atoms with Crippen LogP contribution in [0.15, 0.2) is 0 Å². The number of nitrogens with zero attached hydrogens (tertiary/aromatic N) is 1. The predicted molar refractivity (Wildman–Crippen MR) is 40.6 cm³/mol. The molecule has 0 aromatic rings. The zero-order chi connectivity index (χ0) is 9.14. The van der Waals surface area contributed by atoms with Crippen molar-refractivity contribution in [1.29, 1.82) is 0 Å². The molecule has 6 nitrogen and oxygen atoms in total. The summed E-state index contributed by atoms with van der Waals surface area (Å²) in [6.45, 7) is 0.703. The van der Waals surface area contributed by atoms with Crippen molar-refractivity contribution in [3.63, 3.8) is 0 Å². The third kappa shape index (κ3) is 1.85. The fraction of sp³-hybridized carbons (Fsp3) is 0.667. The number of hydrogen-bond donors (Lipinski definition) is 3. The number of hydrogen-bond acceptors (Lipinski definition) is 3. The molecular weight excluding hydrogens is 162 g/mol. The SMILES string of the molecule is N[C@@H]1CN(C(=O)O)CCNC1=O. The maximum atomic E-state index is 10.9. The summed E-state index contributed by atoms with van der Waals surface area (Å²) in [6, 6.07) is -0.747. The molecule has 0 spiro atoms. The lowest BCUT2D eigenvalue weighted by Crippen LogP contribution is -2.44. The molecule has 2 amide bonds. The second-order valence-corrected chi connectivity index (χ2v) is 2.63. The van der Waals surface area contributed by atoms with Crippen LogP contribution in [0.1, 0.15) is 0 Å². The van der Waals surface area contributed by atoms with Crippen LogP contribution in [0.25, 0.3) is 0 Å². The summed E-state index contributed by atoms with van der Waals surface area (Å²) in [5, 5.41) is 11.1. The first-order chi connectivity index (χ1) is 5.61. The van der Waals surface area contributed by atoms with Gasteiger partial charge in [-0.3, -0.25) is 4.79 Å². The van der Waals surface area contributed by atoms with E-state index in [0.717, 1.165) is 4.90 Å². The normalized spacial score (nSPS) is 24.6. The molecule has 1 fully saturated rings. The maximum absolute atomic E-state index is 10.9. The lowest BCUT2D eigenvalue weighted by molar-refractivity contribution is -0.121. The Bertz CT molecular complexity index is 206. The van der Waals surface area contributed by atoms with Crippen molar-refractivity contribution in [3.8, 4) is 0 Å². The highest BCUT2D eigenvalue weighted by molar-refractivity contribution is 5.82. The molecule has 0 saturated carbocycles.